The Morgan fingerprint density at radius 1 is 0.952 bits per heavy atom. The Balaban J connectivity index is 1.26. The summed E-state index contributed by atoms with van der Waals surface area (Å²) in [5.74, 6) is -0.909. The quantitative estimate of drug-likeness (QED) is 0.383. The molecule has 214 valence electrons. The number of nitrogens with zero attached hydrogens (tertiary/aromatic N) is 4. The molecular formula is C33H31F2N5O2. The van der Waals surface area contributed by atoms with Gasteiger partial charge >= 0.3 is 0 Å². The number of hydrogen-bond acceptors (Lipinski definition) is 5. The van der Waals surface area contributed by atoms with Crippen molar-refractivity contribution in [3.8, 4) is 0 Å². The second-order valence-corrected chi connectivity index (χ2v) is 12.7. The zero-order valence-corrected chi connectivity index (χ0v) is 24.0. The molecule has 1 unspecified atom stereocenters. The standard InChI is InChI=1S/C33H31F2N5O2/c1-31(2)30(42)40(32(3,18-39(31)4)23-11-24(34)13-25(35)12-23)17-19-8-20-9-21-14-33(15-22(21)10-27(20)37-16-19)26-6-5-7-36-28(26)38-29(33)41/h5-13,16H,14-15,17-18H2,1-4H3,(H,36,38,41)/t32?,33-/m0/s1/i4-1. The number of carbonyl (C=O) groups excluding carboxylic acids is 2. The van der Waals surface area contributed by atoms with Gasteiger partial charge in [-0.1, -0.05) is 6.07 Å². The number of pyridine rings is 2. The number of fused-ring (bicyclic) bond motifs is 4. The summed E-state index contributed by atoms with van der Waals surface area (Å²) in [4.78, 5) is 39.9. The Morgan fingerprint density at radius 3 is 2.40 bits per heavy atom. The van der Waals surface area contributed by atoms with E-state index in [1.54, 1.807) is 17.3 Å². The molecule has 1 N–H and O–H groups in total. The lowest BCUT2D eigenvalue weighted by Gasteiger charge is -2.54. The minimum atomic E-state index is -0.985. The Labute approximate surface area is 242 Å². The normalized spacial score (nSPS) is 24.8. The highest BCUT2D eigenvalue weighted by molar-refractivity contribution is 6.06. The number of anilines is 1. The van der Waals surface area contributed by atoms with E-state index in [-0.39, 0.29) is 18.4 Å². The lowest BCUT2D eigenvalue weighted by Crippen LogP contribution is -2.68. The highest BCUT2D eigenvalue weighted by Crippen LogP contribution is 2.47. The fourth-order valence-electron chi connectivity index (χ4n) is 7.04. The summed E-state index contributed by atoms with van der Waals surface area (Å²) >= 11 is 0. The third-order valence-corrected chi connectivity index (χ3v) is 9.72. The number of rotatable bonds is 3. The SMILES string of the molecule is CC1(C)C(=O)N(Cc2cnc3cc4c(cc3c2)C[C@@]2(C4)C(=O)Nc3ncccc32)C(C)(c2cc(F)cc(F)c2)CN1[11CH3]. The van der Waals surface area contributed by atoms with Crippen LogP contribution in [-0.2, 0) is 39.9 Å². The molecule has 1 fully saturated rings. The molecule has 0 radical (unpaired) electrons. The first-order chi connectivity index (χ1) is 19.9. The molecule has 0 saturated carbocycles. The zero-order valence-electron chi connectivity index (χ0n) is 24.0. The number of nitrogens with one attached hydrogen (secondary N) is 1. The molecule has 0 bridgehead atoms. The maximum absolute atomic E-state index is 14.4. The van der Waals surface area contributed by atoms with Gasteiger partial charge in [0, 0.05) is 42.5 Å². The highest BCUT2D eigenvalue weighted by Gasteiger charge is 2.52. The van der Waals surface area contributed by atoms with Crippen molar-refractivity contribution in [1.29, 1.82) is 0 Å². The number of amides is 2. The second kappa shape index (κ2) is 8.88. The van der Waals surface area contributed by atoms with Crippen LogP contribution in [0.5, 0.6) is 0 Å². The summed E-state index contributed by atoms with van der Waals surface area (Å²) in [6, 6.07) is 13.4. The predicted octanol–water partition coefficient (Wildman–Crippen LogP) is 4.86. The van der Waals surface area contributed by atoms with Crippen LogP contribution in [-0.4, -0.2) is 50.7 Å². The number of aromatic nitrogens is 2. The van der Waals surface area contributed by atoms with Crippen LogP contribution >= 0.6 is 0 Å². The summed E-state index contributed by atoms with van der Waals surface area (Å²) < 4.78 is 28.7. The van der Waals surface area contributed by atoms with Gasteiger partial charge in [0.15, 0.2) is 0 Å². The molecule has 7 nitrogen and oxygen atoms in total. The van der Waals surface area contributed by atoms with Gasteiger partial charge in [0.25, 0.3) is 0 Å². The van der Waals surface area contributed by atoms with Crippen LogP contribution in [0.25, 0.3) is 10.9 Å². The van der Waals surface area contributed by atoms with Crippen molar-refractivity contribution in [2.24, 2.45) is 0 Å². The van der Waals surface area contributed by atoms with E-state index in [4.69, 9.17) is 4.98 Å². The molecule has 2 amide bonds. The number of halogens is 2. The van der Waals surface area contributed by atoms with Gasteiger partial charge in [-0.2, -0.15) is 0 Å². The third kappa shape index (κ3) is 3.79. The minimum Gasteiger partial charge on any atom is -0.326 e. The first kappa shape index (κ1) is 26.6. The molecule has 3 aliphatic rings. The molecule has 1 saturated heterocycles. The molecule has 1 spiro atoms. The van der Waals surface area contributed by atoms with E-state index in [2.05, 4.69) is 22.4 Å². The van der Waals surface area contributed by atoms with Gasteiger partial charge in [-0.15, -0.1) is 0 Å². The molecule has 2 atom stereocenters. The molecule has 7 rings (SSSR count). The Bertz CT molecular complexity index is 1800. The molecule has 1 aliphatic carbocycles. The lowest BCUT2D eigenvalue weighted by atomic mass is 9.79. The lowest BCUT2D eigenvalue weighted by molar-refractivity contribution is -0.161. The highest BCUT2D eigenvalue weighted by atomic mass is 19.1. The average molecular weight is 567 g/mol. The average Bonchev–Trinajstić information content (AvgIpc) is 3.44. The van der Waals surface area contributed by atoms with E-state index >= 15 is 0 Å². The van der Waals surface area contributed by atoms with Gasteiger partial charge in [-0.3, -0.25) is 19.5 Å². The molecule has 2 aromatic carbocycles. The van der Waals surface area contributed by atoms with E-state index in [9.17, 15) is 18.4 Å². The summed E-state index contributed by atoms with van der Waals surface area (Å²) in [7, 11) is 1.85. The van der Waals surface area contributed by atoms with Crippen molar-refractivity contribution in [1.82, 2.24) is 19.8 Å². The van der Waals surface area contributed by atoms with Gasteiger partial charge < -0.3 is 10.2 Å². The summed E-state index contributed by atoms with van der Waals surface area (Å²) in [6.07, 6.45) is 4.59. The van der Waals surface area contributed by atoms with Gasteiger partial charge in [0.1, 0.15) is 17.5 Å². The minimum absolute atomic E-state index is 0.0330. The Hall–Kier alpha value is -4.24. The molecular weight excluding hydrogens is 535 g/mol. The Morgan fingerprint density at radius 2 is 1.67 bits per heavy atom. The van der Waals surface area contributed by atoms with Crippen molar-refractivity contribution in [3.05, 3.63) is 100 Å². The maximum Gasteiger partial charge on any atom is 0.243 e. The second-order valence-electron chi connectivity index (χ2n) is 12.7. The molecule has 42 heavy (non-hydrogen) atoms. The van der Waals surface area contributed by atoms with Gasteiger partial charge in [-0.05, 0) is 99.3 Å². The number of piperazine rings is 1. The smallest absolute Gasteiger partial charge is 0.243 e. The van der Waals surface area contributed by atoms with Gasteiger partial charge in [0.05, 0.1) is 22.0 Å². The van der Waals surface area contributed by atoms with Crippen LogP contribution < -0.4 is 5.32 Å². The first-order valence-electron chi connectivity index (χ1n) is 14.1. The molecule has 2 aliphatic heterocycles. The Kier molecular flexibility index (Phi) is 5.63. The predicted molar refractivity (Wildman–Crippen MR) is 155 cm³/mol. The van der Waals surface area contributed by atoms with E-state index < -0.39 is 28.1 Å². The van der Waals surface area contributed by atoms with E-state index in [1.807, 2.05) is 50.9 Å². The van der Waals surface area contributed by atoms with Crippen LogP contribution in [0.3, 0.4) is 0 Å². The van der Waals surface area contributed by atoms with Gasteiger partial charge in [-0.25, -0.2) is 13.8 Å². The van der Waals surface area contributed by atoms with Crippen molar-refractivity contribution in [3.63, 3.8) is 0 Å². The number of hydrogen-bond donors (Lipinski definition) is 1. The first-order valence-corrected chi connectivity index (χ1v) is 14.1. The van der Waals surface area contributed by atoms with Crippen LogP contribution in [0.4, 0.5) is 14.6 Å². The van der Waals surface area contributed by atoms with Crippen LogP contribution in [0.15, 0.2) is 60.9 Å². The number of carbonyl (C=O) groups is 2. The molecule has 2 aromatic heterocycles. The van der Waals surface area contributed by atoms with E-state index in [0.717, 1.165) is 39.2 Å². The zero-order chi connectivity index (χ0) is 29.6. The fraction of sp³-hybridized carbons (Fsp3) is 0.333. The maximum atomic E-state index is 14.4. The van der Waals surface area contributed by atoms with Crippen molar-refractivity contribution < 1.29 is 18.4 Å². The van der Waals surface area contributed by atoms with Crippen LogP contribution in [0, 0.1) is 11.6 Å². The number of benzene rings is 2. The third-order valence-electron chi connectivity index (χ3n) is 9.72. The molecule has 4 heterocycles. The van der Waals surface area contributed by atoms with Crippen LogP contribution in [0.2, 0.25) is 0 Å². The van der Waals surface area contributed by atoms with Crippen molar-refractivity contribution in [2.45, 2.75) is 56.7 Å². The van der Waals surface area contributed by atoms with Crippen LogP contribution in [0.1, 0.15) is 48.6 Å². The summed E-state index contributed by atoms with van der Waals surface area (Å²) in [6.45, 7) is 6.18. The fourth-order valence-corrected chi connectivity index (χ4v) is 7.04. The van der Waals surface area contributed by atoms with E-state index in [0.29, 0.717) is 30.8 Å². The monoisotopic (exact) mass is 566 g/mol. The largest absolute Gasteiger partial charge is 0.326 e. The molecule has 4 aromatic rings. The van der Waals surface area contributed by atoms with Crippen molar-refractivity contribution >= 4 is 28.5 Å². The summed E-state index contributed by atoms with van der Waals surface area (Å²) in [5.41, 5.74) is 2.64. The van der Waals surface area contributed by atoms with E-state index in [1.165, 1.54) is 12.1 Å². The summed E-state index contributed by atoms with van der Waals surface area (Å²) in [5, 5.41) is 3.86. The molecule has 9 heteroatoms. The van der Waals surface area contributed by atoms with Crippen molar-refractivity contribution in [2.75, 3.05) is 18.9 Å². The topological polar surface area (TPSA) is 78.4 Å². The van der Waals surface area contributed by atoms with Gasteiger partial charge in [0.2, 0.25) is 11.8 Å². The number of likely N-dealkylation sites (N-methyl/N-ethyl adjacent to an activating group) is 1.